The molecule has 0 radical (unpaired) electrons. The molecule has 0 aliphatic heterocycles. The Bertz CT molecular complexity index is 4710. The highest BCUT2D eigenvalue weighted by molar-refractivity contribution is 6.32. The Morgan fingerprint density at radius 2 is 0.762 bits per heavy atom. The average molecular weight is 1040 g/mol. The van der Waals surface area contributed by atoms with Crippen molar-refractivity contribution in [2.24, 2.45) is 0 Å². The Hall–Kier alpha value is -9.12. The van der Waals surface area contributed by atoms with E-state index in [1.807, 2.05) is 0 Å². The van der Waals surface area contributed by atoms with Crippen LogP contribution in [-0.2, 0) is 16.2 Å². The van der Waals surface area contributed by atoms with Crippen molar-refractivity contribution in [2.45, 2.75) is 78.6 Å². The molecule has 0 aliphatic rings. The summed E-state index contributed by atoms with van der Waals surface area (Å²) in [6, 6.07) is 85.4. The molecular weight excluding hydrogens is 971 g/mol. The minimum Gasteiger partial charge on any atom is -0.456 e. The molecule has 0 unspecified atom stereocenters. The summed E-state index contributed by atoms with van der Waals surface area (Å²) in [5.74, 6) is 0. The maximum atomic E-state index is 6.99. The van der Waals surface area contributed by atoms with Gasteiger partial charge in [0.1, 0.15) is 11.2 Å². The smallest absolute Gasteiger partial charge is 0.137 e. The summed E-state index contributed by atoms with van der Waals surface area (Å²) in [5, 5.41) is 9.56. The molecule has 0 N–H and O–H groups in total. The number of furan rings is 1. The van der Waals surface area contributed by atoms with E-state index in [2.05, 4.69) is 307 Å². The number of anilines is 6. The van der Waals surface area contributed by atoms with Gasteiger partial charge in [-0.05, 0) is 152 Å². The van der Waals surface area contributed by atoms with Gasteiger partial charge in [-0.15, -0.1) is 0 Å². The van der Waals surface area contributed by atoms with Crippen molar-refractivity contribution >= 4 is 105 Å². The lowest BCUT2D eigenvalue weighted by Crippen LogP contribution is -2.14. The lowest BCUT2D eigenvalue weighted by Gasteiger charge is -2.29. The first-order valence-electron chi connectivity index (χ1n) is 28.2. The van der Waals surface area contributed by atoms with Crippen LogP contribution in [0.3, 0.4) is 0 Å². The van der Waals surface area contributed by atoms with E-state index >= 15 is 0 Å². The molecule has 11 aromatic carbocycles. The highest BCUT2D eigenvalue weighted by Crippen LogP contribution is 2.51. The van der Waals surface area contributed by atoms with Crippen LogP contribution in [0.2, 0.25) is 0 Å². The summed E-state index contributed by atoms with van der Waals surface area (Å²) in [7, 11) is 0. The molecule has 14 aromatic rings. The number of rotatable bonds is 8. The third-order valence-electron chi connectivity index (χ3n) is 16.7. The molecular formula is C76H65N3O. The predicted octanol–water partition coefficient (Wildman–Crippen LogP) is 22.1. The molecule has 80 heavy (non-hydrogen) atoms. The average Bonchev–Trinajstić information content (AvgIpc) is 4.13. The molecule has 0 atom stereocenters. The molecule has 390 valence electrons. The van der Waals surface area contributed by atoms with Gasteiger partial charge in [0.25, 0.3) is 0 Å². The Morgan fingerprint density at radius 3 is 1.38 bits per heavy atom. The standard InChI is InChI=1S/C76H65N3O/c1-74(2,3)52-26-18-30-57(44-52)77(55-28-16-24-50(42-55)48-20-12-10-13-21-48)59-33-34-64-69(47-59)80-68-41-38-61-60(70(64)68)35-36-62-63-37-40-67(71-65-46-54(76(7,8)9)32-39-66(65)79(72(61)62)73(63)71)78(58-31-19-27-53(45-58)75(4,5)6)56-29-17-25-51(43-56)49-22-14-11-15-23-49/h10-47H,1-9H3. The fourth-order valence-corrected chi connectivity index (χ4v) is 12.5. The number of aromatic nitrogens is 1. The van der Waals surface area contributed by atoms with E-state index in [4.69, 9.17) is 4.42 Å². The fourth-order valence-electron chi connectivity index (χ4n) is 12.5. The monoisotopic (exact) mass is 1040 g/mol. The van der Waals surface area contributed by atoms with Gasteiger partial charge in [0, 0.05) is 72.2 Å². The van der Waals surface area contributed by atoms with E-state index in [1.165, 1.54) is 87.8 Å². The molecule has 0 bridgehead atoms. The summed E-state index contributed by atoms with van der Waals surface area (Å²) < 4.78 is 9.57. The van der Waals surface area contributed by atoms with Gasteiger partial charge in [-0.3, -0.25) is 0 Å². The van der Waals surface area contributed by atoms with Crippen molar-refractivity contribution in [1.29, 1.82) is 0 Å². The topological polar surface area (TPSA) is 24.0 Å². The normalized spacial score (nSPS) is 12.6. The first kappa shape index (κ1) is 49.2. The van der Waals surface area contributed by atoms with Crippen LogP contribution < -0.4 is 9.80 Å². The summed E-state index contributed by atoms with van der Waals surface area (Å²) >= 11 is 0. The number of fused-ring (bicyclic) bond motifs is 12. The largest absolute Gasteiger partial charge is 0.456 e. The molecule has 0 saturated carbocycles. The molecule has 0 aliphatic carbocycles. The van der Waals surface area contributed by atoms with Crippen molar-refractivity contribution in [2.75, 3.05) is 9.80 Å². The second-order valence-corrected chi connectivity index (χ2v) is 25.1. The Balaban J connectivity index is 0.997. The van der Waals surface area contributed by atoms with E-state index in [-0.39, 0.29) is 16.2 Å². The minimum absolute atomic E-state index is 0.0242. The minimum atomic E-state index is -0.0621. The zero-order valence-corrected chi connectivity index (χ0v) is 47.2. The van der Waals surface area contributed by atoms with E-state index in [1.54, 1.807) is 0 Å². The van der Waals surface area contributed by atoms with Crippen LogP contribution >= 0.6 is 0 Å². The van der Waals surface area contributed by atoms with Crippen LogP contribution in [0.5, 0.6) is 0 Å². The Kier molecular flexibility index (Phi) is 11.2. The maximum absolute atomic E-state index is 6.99. The molecule has 0 amide bonds. The fraction of sp³-hybridized carbons (Fsp3) is 0.158. The summed E-state index contributed by atoms with van der Waals surface area (Å²) in [5.41, 5.74) is 20.4. The summed E-state index contributed by atoms with van der Waals surface area (Å²) in [6.45, 7) is 20.7. The lowest BCUT2D eigenvalue weighted by atomic mass is 9.86. The molecule has 0 fully saturated rings. The van der Waals surface area contributed by atoms with Gasteiger partial charge in [-0.2, -0.15) is 0 Å². The van der Waals surface area contributed by atoms with Crippen molar-refractivity contribution in [1.82, 2.24) is 4.40 Å². The SMILES string of the molecule is CC(C)(C)c1cccc(N(c2cccc(-c3ccccc3)c2)c2ccc3c(c2)oc2ccc4c(ccc5c6ccc(N(c7cccc(-c8ccccc8)c7)c7cccc(C(C)(C)C)c7)c7c8cc(C(C)(C)C)ccc8n(c45)c67)c23)c1. The van der Waals surface area contributed by atoms with Gasteiger partial charge in [0.2, 0.25) is 0 Å². The number of nitrogens with zero attached hydrogens (tertiary/aromatic N) is 3. The third kappa shape index (κ3) is 8.11. The summed E-state index contributed by atoms with van der Waals surface area (Å²) in [4.78, 5) is 4.88. The van der Waals surface area contributed by atoms with Crippen molar-refractivity contribution in [3.8, 4) is 22.3 Å². The van der Waals surface area contributed by atoms with Gasteiger partial charge in [-0.25, -0.2) is 0 Å². The second-order valence-electron chi connectivity index (χ2n) is 25.1. The van der Waals surface area contributed by atoms with Gasteiger partial charge >= 0.3 is 0 Å². The van der Waals surface area contributed by atoms with Crippen LogP contribution in [0.15, 0.2) is 235 Å². The molecule has 3 aromatic heterocycles. The highest BCUT2D eigenvalue weighted by Gasteiger charge is 2.28. The molecule has 0 saturated heterocycles. The van der Waals surface area contributed by atoms with Crippen molar-refractivity contribution in [3.05, 3.63) is 247 Å². The lowest BCUT2D eigenvalue weighted by molar-refractivity contribution is 0.590. The van der Waals surface area contributed by atoms with Crippen LogP contribution in [0.4, 0.5) is 34.1 Å². The third-order valence-corrected chi connectivity index (χ3v) is 16.7. The predicted molar refractivity (Wildman–Crippen MR) is 342 cm³/mol. The Morgan fingerprint density at radius 1 is 0.300 bits per heavy atom. The van der Waals surface area contributed by atoms with E-state index in [0.29, 0.717) is 0 Å². The number of hydrogen-bond acceptors (Lipinski definition) is 3. The Labute approximate surface area is 469 Å². The zero-order valence-electron chi connectivity index (χ0n) is 47.2. The zero-order chi connectivity index (χ0) is 54.8. The quantitative estimate of drug-likeness (QED) is 0.152. The molecule has 3 heterocycles. The first-order valence-corrected chi connectivity index (χ1v) is 28.2. The molecule has 4 nitrogen and oxygen atoms in total. The molecule has 0 spiro atoms. The molecule has 4 heteroatoms. The summed E-state index contributed by atoms with van der Waals surface area (Å²) in [6.07, 6.45) is 0. The second kappa shape index (κ2) is 18.2. The van der Waals surface area contributed by atoms with Crippen LogP contribution in [0.25, 0.3) is 93.1 Å². The maximum Gasteiger partial charge on any atom is 0.137 e. The van der Waals surface area contributed by atoms with E-state index < -0.39 is 0 Å². The van der Waals surface area contributed by atoms with Gasteiger partial charge < -0.3 is 18.6 Å². The van der Waals surface area contributed by atoms with Gasteiger partial charge in [-0.1, -0.05) is 196 Å². The number of hydrogen-bond donors (Lipinski definition) is 0. The number of benzene rings is 11. The van der Waals surface area contributed by atoms with Crippen LogP contribution in [-0.4, -0.2) is 4.40 Å². The van der Waals surface area contributed by atoms with Crippen LogP contribution in [0, 0.1) is 0 Å². The van der Waals surface area contributed by atoms with Crippen molar-refractivity contribution in [3.63, 3.8) is 0 Å². The van der Waals surface area contributed by atoms with E-state index in [9.17, 15) is 0 Å². The molecule has 14 rings (SSSR count). The highest BCUT2D eigenvalue weighted by atomic mass is 16.3. The van der Waals surface area contributed by atoms with Gasteiger partial charge in [0.05, 0.1) is 22.2 Å². The first-order chi connectivity index (χ1) is 38.6. The van der Waals surface area contributed by atoms with Crippen LogP contribution in [0.1, 0.15) is 79.0 Å². The van der Waals surface area contributed by atoms with E-state index in [0.717, 1.165) is 56.1 Å². The van der Waals surface area contributed by atoms with Gasteiger partial charge in [0.15, 0.2) is 0 Å². The van der Waals surface area contributed by atoms with Crippen molar-refractivity contribution < 1.29 is 4.42 Å².